The van der Waals surface area contributed by atoms with Gasteiger partial charge in [-0.15, -0.1) is 0 Å². The van der Waals surface area contributed by atoms with Crippen LogP contribution < -0.4 is 5.32 Å². The maximum atomic E-state index is 13.3. The van der Waals surface area contributed by atoms with E-state index in [4.69, 9.17) is 0 Å². The monoisotopic (exact) mass is 401 g/mol. The van der Waals surface area contributed by atoms with Crippen molar-refractivity contribution in [2.45, 2.75) is 49.9 Å². The molecular weight excluding hydrogens is 390 g/mol. The standard InChI is InChI=1S/C11H11F12NO/c1-4(2)3-24-6(25)8(16,17)10(20,21)11(22,23)9(18,19)7(14,15)5(12)13/h4-5H,3H2,1-2H3,(H,24,25). The van der Waals surface area contributed by atoms with Gasteiger partial charge in [0, 0.05) is 6.54 Å². The van der Waals surface area contributed by atoms with E-state index in [1.807, 2.05) is 0 Å². The summed E-state index contributed by atoms with van der Waals surface area (Å²) in [6.45, 7) is 1.73. The Kier molecular flexibility index (Phi) is 6.37. The van der Waals surface area contributed by atoms with Gasteiger partial charge < -0.3 is 5.32 Å². The smallest absolute Gasteiger partial charge is 0.350 e. The van der Waals surface area contributed by atoms with E-state index in [2.05, 4.69) is 0 Å². The molecule has 150 valence electrons. The van der Waals surface area contributed by atoms with Gasteiger partial charge in [-0.1, -0.05) is 13.8 Å². The zero-order valence-electron chi connectivity index (χ0n) is 12.3. The van der Waals surface area contributed by atoms with Crippen LogP contribution in [0.1, 0.15) is 13.8 Å². The first-order chi connectivity index (χ1) is 10.8. The molecule has 0 fully saturated rings. The number of hydrogen-bond acceptors (Lipinski definition) is 1. The van der Waals surface area contributed by atoms with Crippen LogP contribution in [0.25, 0.3) is 0 Å². The van der Waals surface area contributed by atoms with Crippen molar-refractivity contribution in [1.29, 1.82) is 0 Å². The third kappa shape index (κ3) is 3.61. The molecule has 0 rings (SSSR count). The van der Waals surface area contributed by atoms with Crippen molar-refractivity contribution in [2.24, 2.45) is 5.92 Å². The Morgan fingerprint density at radius 2 is 1.20 bits per heavy atom. The van der Waals surface area contributed by atoms with Gasteiger partial charge in [0.05, 0.1) is 0 Å². The average molecular weight is 401 g/mol. The maximum absolute atomic E-state index is 13.3. The summed E-state index contributed by atoms with van der Waals surface area (Å²) in [6, 6.07) is 0. The minimum Gasteiger partial charge on any atom is -0.350 e. The summed E-state index contributed by atoms with van der Waals surface area (Å²) in [5.74, 6) is -40.2. The number of nitrogens with one attached hydrogen (secondary N) is 1. The molecule has 0 spiro atoms. The molecule has 0 unspecified atom stereocenters. The molecule has 2 nitrogen and oxygen atoms in total. The van der Waals surface area contributed by atoms with E-state index in [1.54, 1.807) is 0 Å². The largest absolute Gasteiger partial charge is 0.392 e. The minimum atomic E-state index is -7.70. The van der Waals surface area contributed by atoms with Crippen LogP contribution in [0.2, 0.25) is 0 Å². The van der Waals surface area contributed by atoms with Crippen molar-refractivity contribution in [2.75, 3.05) is 6.54 Å². The molecule has 25 heavy (non-hydrogen) atoms. The van der Waals surface area contributed by atoms with Gasteiger partial charge in [0.1, 0.15) is 0 Å². The second-order valence-corrected chi connectivity index (χ2v) is 5.33. The van der Waals surface area contributed by atoms with E-state index in [9.17, 15) is 57.5 Å². The van der Waals surface area contributed by atoms with Gasteiger partial charge in [0.2, 0.25) is 0 Å². The molecule has 0 aliphatic heterocycles. The summed E-state index contributed by atoms with van der Waals surface area (Å²) in [6.07, 6.45) is -5.58. The van der Waals surface area contributed by atoms with Crippen molar-refractivity contribution in [3.05, 3.63) is 0 Å². The Balaban J connectivity index is 5.99. The number of halogens is 12. The van der Waals surface area contributed by atoms with Crippen molar-refractivity contribution in [3.63, 3.8) is 0 Å². The number of carbonyl (C=O) groups excluding carboxylic acids is 1. The summed E-state index contributed by atoms with van der Waals surface area (Å²) in [7, 11) is 0. The second kappa shape index (κ2) is 6.74. The van der Waals surface area contributed by atoms with Crippen molar-refractivity contribution >= 4 is 5.91 Å². The van der Waals surface area contributed by atoms with E-state index in [0.717, 1.165) is 5.32 Å². The van der Waals surface area contributed by atoms with Crippen LogP contribution in [0.5, 0.6) is 0 Å². The quantitative estimate of drug-likeness (QED) is 0.607. The van der Waals surface area contributed by atoms with Gasteiger partial charge in [-0.2, -0.15) is 43.9 Å². The summed E-state index contributed by atoms with van der Waals surface area (Å²) >= 11 is 0. The highest BCUT2D eigenvalue weighted by molar-refractivity contribution is 5.84. The van der Waals surface area contributed by atoms with Gasteiger partial charge in [0.15, 0.2) is 0 Å². The van der Waals surface area contributed by atoms with Crippen molar-refractivity contribution < 1.29 is 57.5 Å². The normalized spacial score (nSPS) is 15.0. The number of hydrogen-bond donors (Lipinski definition) is 1. The number of alkyl halides is 12. The molecule has 14 heteroatoms. The van der Waals surface area contributed by atoms with Gasteiger partial charge in [0.25, 0.3) is 5.91 Å². The fourth-order valence-corrected chi connectivity index (χ4v) is 1.29. The molecule has 0 aromatic rings. The van der Waals surface area contributed by atoms with Crippen LogP contribution in [0.15, 0.2) is 0 Å². The zero-order valence-corrected chi connectivity index (χ0v) is 12.3. The molecule has 1 N–H and O–H groups in total. The maximum Gasteiger partial charge on any atom is 0.392 e. The molecule has 0 aliphatic rings. The summed E-state index contributed by atoms with van der Waals surface area (Å²) < 4.78 is 154. The Morgan fingerprint density at radius 1 is 0.800 bits per heavy atom. The van der Waals surface area contributed by atoms with Gasteiger partial charge >= 0.3 is 36.0 Å². The zero-order chi connectivity index (χ0) is 20.6. The first-order valence-electron chi connectivity index (χ1n) is 6.24. The van der Waals surface area contributed by atoms with Crippen LogP contribution >= 0.6 is 0 Å². The summed E-state index contributed by atoms with van der Waals surface area (Å²) in [5.41, 5.74) is 0. The summed E-state index contributed by atoms with van der Waals surface area (Å²) in [5, 5.41) is 1.03. The second-order valence-electron chi connectivity index (χ2n) is 5.33. The molecule has 0 saturated carbocycles. The average Bonchev–Trinajstić information content (AvgIpc) is 2.43. The van der Waals surface area contributed by atoms with Crippen LogP contribution in [-0.2, 0) is 4.79 Å². The number of rotatable bonds is 8. The number of carbonyl (C=O) groups is 1. The van der Waals surface area contributed by atoms with E-state index in [1.165, 1.54) is 13.8 Å². The Bertz CT molecular complexity index is 487. The predicted molar refractivity (Wildman–Crippen MR) is 58.6 cm³/mol. The molecule has 0 saturated heterocycles. The van der Waals surface area contributed by atoms with Crippen molar-refractivity contribution in [1.82, 2.24) is 5.32 Å². The molecule has 0 aromatic carbocycles. The molecule has 0 heterocycles. The van der Waals surface area contributed by atoms with Crippen LogP contribution in [0, 0.1) is 5.92 Å². The highest BCUT2D eigenvalue weighted by atomic mass is 19.4. The summed E-state index contributed by atoms with van der Waals surface area (Å²) in [4.78, 5) is 10.9. The lowest BCUT2D eigenvalue weighted by Gasteiger charge is -2.38. The SMILES string of the molecule is CC(C)CNC(=O)C(F)(F)C(F)(F)C(F)(F)C(F)(F)C(F)(F)C(F)F. The fraction of sp³-hybridized carbons (Fsp3) is 0.909. The molecule has 0 aromatic heterocycles. The number of amides is 1. The molecule has 1 amide bonds. The third-order valence-corrected chi connectivity index (χ3v) is 2.83. The van der Waals surface area contributed by atoms with Crippen LogP contribution in [0.4, 0.5) is 52.7 Å². The first-order valence-corrected chi connectivity index (χ1v) is 6.24. The van der Waals surface area contributed by atoms with Crippen molar-refractivity contribution in [3.8, 4) is 0 Å². The van der Waals surface area contributed by atoms with Crippen LogP contribution in [0.3, 0.4) is 0 Å². The Hall–Kier alpha value is -1.37. The highest BCUT2D eigenvalue weighted by Crippen LogP contribution is 2.58. The van der Waals surface area contributed by atoms with Crippen LogP contribution in [-0.4, -0.2) is 48.5 Å². The Labute approximate surface area is 132 Å². The lowest BCUT2D eigenvalue weighted by Crippen LogP contribution is -2.70. The van der Waals surface area contributed by atoms with Gasteiger partial charge in [-0.25, -0.2) is 8.78 Å². The molecule has 0 radical (unpaired) electrons. The molecule has 0 atom stereocenters. The fourth-order valence-electron chi connectivity index (χ4n) is 1.29. The Morgan fingerprint density at radius 3 is 1.52 bits per heavy atom. The lowest BCUT2D eigenvalue weighted by atomic mass is 9.94. The van der Waals surface area contributed by atoms with E-state index in [0.29, 0.717) is 0 Å². The minimum absolute atomic E-state index is 0.668. The van der Waals surface area contributed by atoms with E-state index < -0.39 is 54.4 Å². The van der Waals surface area contributed by atoms with Gasteiger partial charge in [-0.05, 0) is 5.92 Å². The third-order valence-electron chi connectivity index (χ3n) is 2.83. The van der Waals surface area contributed by atoms with Gasteiger partial charge in [-0.3, -0.25) is 4.79 Å². The van der Waals surface area contributed by atoms with E-state index in [-0.39, 0.29) is 0 Å². The topological polar surface area (TPSA) is 29.1 Å². The predicted octanol–water partition coefficient (Wildman–Crippen LogP) is 4.20. The molecule has 0 bridgehead atoms. The molecule has 0 aliphatic carbocycles. The molecular formula is C11H11F12NO. The van der Waals surface area contributed by atoms with E-state index >= 15 is 0 Å². The highest BCUT2D eigenvalue weighted by Gasteiger charge is 2.89. The first kappa shape index (κ1) is 23.6. The lowest BCUT2D eigenvalue weighted by molar-refractivity contribution is -0.407.